The van der Waals surface area contributed by atoms with Crippen molar-refractivity contribution in [3.05, 3.63) is 18.0 Å². The van der Waals surface area contributed by atoms with Crippen LogP contribution in [-0.4, -0.2) is 51.0 Å². The molecule has 0 radical (unpaired) electrons. The Bertz CT molecular complexity index is 576. The van der Waals surface area contributed by atoms with Crippen LogP contribution in [0.4, 0.5) is 0 Å². The van der Waals surface area contributed by atoms with Gasteiger partial charge >= 0.3 is 0 Å². The van der Waals surface area contributed by atoms with Crippen molar-refractivity contribution in [2.75, 3.05) is 26.8 Å². The van der Waals surface area contributed by atoms with Crippen LogP contribution in [0.3, 0.4) is 0 Å². The van der Waals surface area contributed by atoms with Crippen LogP contribution in [0, 0.1) is 5.92 Å². The maximum atomic E-state index is 12.2. The maximum absolute atomic E-state index is 12.2. The standard InChI is InChI=1S/C12H17ClN2O4S/c1-19-8-9-2-4-15(5-3-9)12(16)11-6-10(7-14-11)20(13,17)18/h6-7,9,14H,2-5,8H2,1H3. The number of amides is 1. The van der Waals surface area contributed by atoms with Gasteiger partial charge in [-0.05, 0) is 24.8 Å². The SMILES string of the molecule is COCC1CCN(C(=O)c2cc(S(=O)(=O)Cl)c[nH]2)CC1. The van der Waals surface area contributed by atoms with E-state index in [0.29, 0.717) is 25.6 Å². The average Bonchev–Trinajstić information content (AvgIpc) is 2.89. The summed E-state index contributed by atoms with van der Waals surface area (Å²) in [5.41, 5.74) is 0.245. The van der Waals surface area contributed by atoms with E-state index in [4.69, 9.17) is 15.4 Å². The zero-order valence-corrected chi connectivity index (χ0v) is 12.7. The van der Waals surface area contributed by atoms with Gasteiger partial charge in [-0.25, -0.2) is 8.42 Å². The van der Waals surface area contributed by atoms with Gasteiger partial charge in [-0.2, -0.15) is 0 Å². The summed E-state index contributed by atoms with van der Waals surface area (Å²) in [6, 6.07) is 1.27. The lowest BCUT2D eigenvalue weighted by molar-refractivity contribution is 0.0609. The molecule has 2 rings (SSSR count). The van der Waals surface area contributed by atoms with Crippen LogP contribution in [0.25, 0.3) is 0 Å². The highest BCUT2D eigenvalue weighted by molar-refractivity contribution is 8.13. The summed E-state index contributed by atoms with van der Waals surface area (Å²) in [6.45, 7) is 2.00. The molecule has 1 aliphatic rings. The summed E-state index contributed by atoms with van der Waals surface area (Å²) >= 11 is 0. The number of rotatable bonds is 4. The number of carbonyl (C=O) groups excluding carboxylic acids is 1. The number of ether oxygens (including phenoxy) is 1. The van der Waals surface area contributed by atoms with Crippen molar-refractivity contribution in [1.29, 1.82) is 0 Å². The Balaban J connectivity index is 2.00. The highest BCUT2D eigenvalue weighted by atomic mass is 35.7. The van der Waals surface area contributed by atoms with Crippen molar-refractivity contribution in [3.8, 4) is 0 Å². The van der Waals surface area contributed by atoms with E-state index in [-0.39, 0.29) is 16.5 Å². The number of methoxy groups -OCH3 is 1. The molecule has 1 aromatic rings. The second-order valence-corrected chi connectivity index (χ2v) is 7.44. The van der Waals surface area contributed by atoms with E-state index < -0.39 is 9.05 Å². The van der Waals surface area contributed by atoms with Crippen molar-refractivity contribution in [1.82, 2.24) is 9.88 Å². The van der Waals surface area contributed by atoms with Gasteiger partial charge in [0.25, 0.3) is 15.0 Å². The minimum absolute atomic E-state index is 0.0863. The third-order valence-electron chi connectivity index (χ3n) is 3.47. The van der Waals surface area contributed by atoms with Gasteiger partial charge in [-0.3, -0.25) is 4.79 Å². The third-order valence-corrected chi connectivity index (χ3v) is 4.81. The molecular weight excluding hydrogens is 304 g/mol. The normalized spacial score (nSPS) is 17.4. The predicted octanol–water partition coefficient (Wildman–Crippen LogP) is 1.44. The van der Waals surface area contributed by atoms with Crippen molar-refractivity contribution in [3.63, 3.8) is 0 Å². The van der Waals surface area contributed by atoms with E-state index >= 15 is 0 Å². The second kappa shape index (κ2) is 6.15. The lowest BCUT2D eigenvalue weighted by atomic mass is 9.97. The first-order valence-electron chi connectivity index (χ1n) is 6.33. The van der Waals surface area contributed by atoms with Crippen molar-refractivity contribution in [2.45, 2.75) is 17.7 Å². The van der Waals surface area contributed by atoms with Crippen molar-refractivity contribution in [2.24, 2.45) is 5.92 Å². The summed E-state index contributed by atoms with van der Waals surface area (Å²) in [7, 11) is 3.09. The highest BCUT2D eigenvalue weighted by Crippen LogP contribution is 2.21. The minimum Gasteiger partial charge on any atom is -0.384 e. The van der Waals surface area contributed by atoms with Gasteiger partial charge in [0.2, 0.25) is 0 Å². The zero-order valence-electron chi connectivity index (χ0n) is 11.1. The molecule has 20 heavy (non-hydrogen) atoms. The molecule has 0 aliphatic carbocycles. The number of aromatic nitrogens is 1. The fraction of sp³-hybridized carbons (Fsp3) is 0.583. The number of carbonyl (C=O) groups is 1. The fourth-order valence-corrected chi connectivity index (χ4v) is 3.07. The van der Waals surface area contributed by atoms with Gasteiger partial charge in [0, 0.05) is 43.7 Å². The first-order chi connectivity index (χ1) is 9.41. The Labute approximate surface area is 122 Å². The number of likely N-dealkylation sites (tertiary alicyclic amines) is 1. The predicted molar refractivity (Wildman–Crippen MR) is 74.3 cm³/mol. The van der Waals surface area contributed by atoms with Gasteiger partial charge in [-0.1, -0.05) is 0 Å². The molecule has 2 heterocycles. The molecule has 8 heteroatoms. The molecule has 0 spiro atoms. The Morgan fingerprint density at radius 2 is 2.15 bits per heavy atom. The monoisotopic (exact) mass is 320 g/mol. The fourth-order valence-electron chi connectivity index (χ4n) is 2.35. The van der Waals surface area contributed by atoms with Crippen LogP contribution in [0.1, 0.15) is 23.3 Å². The average molecular weight is 321 g/mol. The van der Waals surface area contributed by atoms with Crippen molar-refractivity contribution >= 4 is 25.6 Å². The molecule has 0 bridgehead atoms. The maximum Gasteiger partial charge on any atom is 0.270 e. The van der Waals surface area contributed by atoms with E-state index in [1.807, 2.05) is 0 Å². The molecule has 1 aromatic heterocycles. The molecule has 112 valence electrons. The van der Waals surface area contributed by atoms with Crippen LogP contribution in [0.15, 0.2) is 17.2 Å². The summed E-state index contributed by atoms with van der Waals surface area (Å²) in [6.07, 6.45) is 3.01. The molecule has 0 atom stereocenters. The van der Waals surface area contributed by atoms with Crippen LogP contribution in [0.2, 0.25) is 0 Å². The van der Waals surface area contributed by atoms with Crippen LogP contribution in [-0.2, 0) is 13.8 Å². The van der Waals surface area contributed by atoms with E-state index in [1.54, 1.807) is 12.0 Å². The van der Waals surface area contributed by atoms with Crippen LogP contribution < -0.4 is 0 Å². The molecule has 6 nitrogen and oxygen atoms in total. The summed E-state index contributed by atoms with van der Waals surface area (Å²) in [5, 5.41) is 0. The molecule has 1 amide bonds. The van der Waals surface area contributed by atoms with Crippen LogP contribution in [0.5, 0.6) is 0 Å². The van der Waals surface area contributed by atoms with Gasteiger partial charge < -0.3 is 14.6 Å². The molecular formula is C12H17ClN2O4S. The zero-order chi connectivity index (χ0) is 14.8. The number of piperidine rings is 1. The van der Waals surface area contributed by atoms with Gasteiger partial charge in [0.1, 0.15) is 10.6 Å². The van der Waals surface area contributed by atoms with E-state index in [0.717, 1.165) is 12.8 Å². The largest absolute Gasteiger partial charge is 0.384 e. The molecule has 0 saturated carbocycles. The molecule has 1 fully saturated rings. The van der Waals surface area contributed by atoms with E-state index in [2.05, 4.69) is 4.98 Å². The number of nitrogens with zero attached hydrogens (tertiary/aromatic N) is 1. The summed E-state index contributed by atoms with van der Waals surface area (Å²) < 4.78 is 27.4. The molecule has 1 saturated heterocycles. The second-order valence-electron chi connectivity index (χ2n) is 4.88. The van der Waals surface area contributed by atoms with Crippen LogP contribution >= 0.6 is 10.7 Å². The summed E-state index contributed by atoms with van der Waals surface area (Å²) in [5.74, 6) is 0.277. The smallest absolute Gasteiger partial charge is 0.270 e. The molecule has 0 unspecified atom stereocenters. The molecule has 1 aliphatic heterocycles. The summed E-state index contributed by atoms with van der Waals surface area (Å²) in [4.78, 5) is 16.5. The van der Waals surface area contributed by atoms with E-state index in [1.165, 1.54) is 12.3 Å². The number of hydrogen-bond donors (Lipinski definition) is 1. The van der Waals surface area contributed by atoms with Crippen molar-refractivity contribution < 1.29 is 17.9 Å². The Kier molecular flexibility index (Phi) is 4.72. The number of halogens is 1. The number of aromatic amines is 1. The van der Waals surface area contributed by atoms with Gasteiger partial charge in [0.05, 0.1) is 0 Å². The number of H-pyrrole nitrogens is 1. The third kappa shape index (κ3) is 3.53. The lowest BCUT2D eigenvalue weighted by Crippen LogP contribution is -2.39. The highest BCUT2D eigenvalue weighted by Gasteiger charge is 2.25. The first-order valence-corrected chi connectivity index (χ1v) is 8.64. The number of hydrogen-bond acceptors (Lipinski definition) is 4. The lowest BCUT2D eigenvalue weighted by Gasteiger charge is -2.31. The Morgan fingerprint density at radius 1 is 1.50 bits per heavy atom. The molecule has 1 N–H and O–H groups in total. The van der Waals surface area contributed by atoms with E-state index in [9.17, 15) is 13.2 Å². The Morgan fingerprint density at radius 3 is 2.65 bits per heavy atom. The quantitative estimate of drug-likeness (QED) is 0.851. The van der Waals surface area contributed by atoms with Gasteiger partial charge in [0.15, 0.2) is 0 Å². The minimum atomic E-state index is -3.81. The Hall–Kier alpha value is -1.05. The topological polar surface area (TPSA) is 79.5 Å². The first kappa shape index (κ1) is 15.3. The van der Waals surface area contributed by atoms with Gasteiger partial charge in [-0.15, -0.1) is 0 Å². The molecule has 0 aromatic carbocycles. The number of nitrogens with one attached hydrogen (secondary N) is 1.